The van der Waals surface area contributed by atoms with E-state index < -0.39 is 0 Å². The van der Waals surface area contributed by atoms with Gasteiger partial charge in [0.1, 0.15) is 23.8 Å². The minimum absolute atomic E-state index is 0.0376. The first-order valence-corrected chi connectivity index (χ1v) is 5.23. The number of carbonyl (C=O) groups is 1. The molecular formula is C11H15N5O. The molecule has 1 unspecified atom stereocenters. The van der Waals surface area contributed by atoms with Gasteiger partial charge in [0.25, 0.3) is 0 Å². The zero-order chi connectivity index (χ0) is 12.8. The van der Waals surface area contributed by atoms with Crippen molar-refractivity contribution in [3.8, 4) is 6.07 Å². The molecule has 0 saturated heterocycles. The van der Waals surface area contributed by atoms with Crippen LogP contribution >= 0.6 is 0 Å². The number of hydrogen-bond acceptors (Lipinski definition) is 5. The molecule has 0 aromatic carbocycles. The molecule has 0 aliphatic carbocycles. The molecule has 0 bridgehead atoms. The lowest BCUT2D eigenvalue weighted by Gasteiger charge is -2.21. The van der Waals surface area contributed by atoms with Crippen LogP contribution in [-0.2, 0) is 4.79 Å². The molecule has 6 nitrogen and oxygen atoms in total. The molecule has 1 rings (SSSR count). The van der Waals surface area contributed by atoms with Crippen LogP contribution in [0.2, 0.25) is 0 Å². The van der Waals surface area contributed by atoms with E-state index in [0.29, 0.717) is 17.9 Å². The van der Waals surface area contributed by atoms with Gasteiger partial charge in [-0.2, -0.15) is 5.26 Å². The lowest BCUT2D eigenvalue weighted by molar-refractivity contribution is -0.123. The van der Waals surface area contributed by atoms with E-state index in [0.717, 1.165) is 0 Å². The lowest BCUT2D eigenvalue weighted by Crippen LogP contribution is -2.35. The molecule has 1 atom stereocenters. The number of nitrogens with zero attached hydrogens (tertiary/aromatic N) is 4. The molecule has 0 spiro atoms. The van der Waals surface area contributed by atoms with Crippen molar-refractivity contribution in [2.75, 3.05) is 25.5 Å². The first-order valence-electron chi connectivity index (χ1n) is 5.23. The highest BCUT2D eigenvalue weighted by Crippen LogP contribution is 2.14. The Bertz CT molecular complexity index is 440. The Balaban J connectivity index is 2.80. The Hall–Kier alpha value is -2.16. The molecule has 1 aromatic heterocycles. The maximum Gasteiger partial charge on any atom is 0.224 e. The van der Waals surface area contributed by atoms with Gasteiger partial charge in [-0.15, -0.1) is 0 Å². The highest BCUT2D eigenvalue weighted by atomic mass is 16.1. The monoisotopic (exact) mass is 233 g/mol. The highest BCUT2D eigenvalue weighted by Gasteiger charge is 2.16. The fourth-order valence-electron chi connectivity index (χ4n) is 1.53. The van der Waals surface area contributed by atoms with Crippen molar-refractivity contribution < 1.29 is 4.79 Å². The van der Waals surface area contributed by atoms with Crippen LogP contribution in [-0.4, -0.2) is 36.5 Å². The summed E-state index contributed by atoms with van der Waals surface area (Å²) >= 11 is 0. The third-order valence-electron chi connectivity index (χ3n) is 2.41. The van der Waals surface area contributed by atoms with Crippen LogP contribution in [0.3, 0.4) is 0 Å². The van der Waals surface area contributed by atoms with E-state index in [2.05, 4.69) is 15.3 Å². The summed E-state index contributed by atoms with van der Waals surface area (Å²) in [5.41, 5.74) is 0.402. The van der Waals surface area contributed by atoms with Crippen LogP contribution in [0.5, 0.6) is 0 Å². The molecule has 90 valence electrons. The van der Waals surface area contributed by atoms with Gasteiger partial charge in [0.05, 0.1) is 12.1 Å². The van der Waals surface area contributed by atoms with E-state index >= 15 is 0 Å². The van der Waals surface area contributed by atoms with E-state index in [-0.39, 0.29) is 11.8 Å². The van der Waals surface area contributed by atoms with Crippen molar-refractivity contribution in [2.24, 2.45) is 5.92 Å². The molecule has 1 aromatic rings. The second kappa shape index (κ2) is 5.80. The van der Waals surface area contributed by atoms with Crippen molar-refractivity contribution in [2.45, 2.75) is 6.92 Å². The Morgan fingerprint density at radius 3 is 3.00 bits per heavy atom. The largest absolute Gasteiger partial charge is 0.359 e. The topological polar surface area (TPSA) is 81.9 Å². The van der Waals surface area contributed by atoms with E-state index in [9.17, 15) is 4.79 Å². The van der Waals surface area contributed by atoms with Crippen LogP contribution in [0.1, 0.15) is 12.5 Å². The molecule has 0 saturated carbocycles. The van der Waals surface area contributed by atoms with Gasteiger partial charge in [0.2, 0.25) is 5.91 Å². The summed E-state index contributed by atoms with van der Waals surface area (Å²) in [6.07, 6.45) is 2.85. The molecule has 6 heteroatoms. The summed E-state index contributed by atoms with van der Waals surface area (Å²) in [4.78, 5) is 21.0. The fourth-order valence-corrected chi connectivity index (χ4v) is 1.53. The summed E-state index contributed by atoms with van der Waals surface area (Å²) in [7, 11) is 3.40. The Labute approximate surface area is 100 Å². The van der Waals surface area contributed by atoms with Crippen molar-refractivity contribution in [3.63, 3.8) is 0 Å². The highest BCUT2D eigenvalue weighted by molar-refractivity contribution is 5.78. The average molecular weight is 233 g/mol. The quantitative estimate of drug-likeness (QED) is 0.801. The molecule has 1 N–H and O–H groups in total. The minimum Gasteiger partial charge on any atom is -0.359 e. The second-order valence-corrected chi connectivity index (χ2v) is 3.77. The van der Waals surface area contributed by atoms with Crippen LogP contribution < -0.4 is 10.2 Å². The van der Waals surface area contributed by atoms with E-state index in [4.69, 9.17) is 5.26 Å². The number of nitrogens with one attached hydrogen (secondary N) is 1. The number of amides is 1. The zero-order valence-electron chi connectivity index (χ0n) is 10.1. The summed E-state index contributed by atoms with van der Waals surface area (Å²) in [5, 5.41) is 11.5. The predicted octanol–water partition coefficient (Wildman–Crippen LogP) is 0.167. The van der Waals surface area contributed by atoms with Crippen molar-refractivity contribution in [3.05, 3.63) is 18.1 Å². The van der Waals surface area contributed by atoms with Gasteiger partial charge in [-0.05, 0) is 0 Å². The number of aromatic nitrogens is 2. The first kappa shape index (κ1) is 12.9. The number of carbonyl (C=O) groups excluding carboxylic acids is 1. The van der Waals surface area contributed by atoms with Gasteiger partial charge in [0.15, 0.2) is 0 Å². The normalized spacial score (nSPS) is 11.4. The SMILES string of the molecule is CNC(=O)C(C)CN(C)c1ncncc1C#N. The van der Waals surface area contributed by atoms with E-state index in [1.54, 1.807) is 19.0 Å². The van der Waals surface area contributed by atoms with Crippen LogP contribution in [0.15, 0.2) is 12.5 Å². The van der Waals surface area contributed by atoms with Crippen molar-refractivity contribution in [1.29, 1.82) is 5.26 Å². The van der Waals surface area contributed by atoms with Crippen molar-refractivity contribution in [1.82, 2.24) is 15.3 Å². The van der Waals surface area contributed by atoms with Crippen LogP contribution in [0.25, 0.3) is 0 Å². The Kier molecular flexibility index (Phi) is 4.40. The molecule has 0 radical (unpaired) electrons. The second-order valence-electron chi connectivity index (χ2n) is 3.77. The molecule has 0 aliphatic rings. The number of nitriles is 1. The van der Waals surface area contributed by atoms with Gasteiger partial charge in [-0.3, -0.25) is 4.79 Å². The van der Waals surface area contributed by atoms with Gasteiger partial charge < -0.3 is 10.2 Å². The zero-order valence-corrected chi connectivity index (χ0v) is 10.1. The summed E-state index contributed by atoms with van der Waals surface area (Å²) in [5.74, 6) is 0.328. The fraction of sp³-hybridized carbons (Fsp3) is 0.455. The van der Waals surface area contributed by atoms with Crippen LogP contribution in [0.4, 0.5) is 5.82 Å². The molecular weight excluding hydrogens is 218 g/mol. The molecule has 0 aliphatic heterocycles. The van der Waals surface area contributed by atoms with Gasteiger partial charge >= 0.3 is 0 Å². The standard InChI is InChI=1S/C11H15N5O/c1-8(11(17)13-2)6-16(3)10-9(4-12)5-14-7-15-10/h5,7-8H,6H2,1-3H3,(H,13,17). The minimum atomic E-state index is -0.175. The van der Waals surface area contributed by atoms with Gasteiger partial charge in [0, 0.05) is 20.6 Å². The third kappa shape index (κ3) is 3.14. The van der Waals surface area contributed by atoms with E-state index in [1.807, 2.05) is 13.0 Å². The van der Waals surface area contributed by atoms with E-state index in [1.165, 1.54) is 12.5 Å². The Morgan fingerprint density at radius 1 is 1.71 bits per heavy atom. The summed E-state index contributed by atoms with van der Waals surface area (Å²) in [6.45, 7) is 2.31. The molecule has 17 heavy (non-hydrogen) atoms. The maximum atomic E-state index is 11.4. The number of anilines is 1. The van der Waals surface area contributed by atoms with Gasteiger partial charge in [-0.25, -0.2) is 9.97 Å². The molecule has 1 heterocycles. The predicted molar refractivity (Wildman–Crippen MR) is 63.2 cm³/mol. The van der Waals surface area contributed by atoms with Crippen LogP contribution in [0, 0.1) is 17.2 Å². The summed E-state index contributed by atoms with van der Waals surface area (Å²) < 4.78 is 0. The first-order chi connectivity index (χ1) is 8.10. The smallest absolute Gasteiger partial charge is 0.224 e. The number of hydrogen-bond donors (Lipinski definition) is 1. The summed E-state index contributed by atoms with van der Waals surface area (Å²) in [6, 6.07) is 2.03. The van der Waals surface area contributed by atoms with Crippen molar-refractivity contribution >= 4 is 11.7 Å². The third-order valence-corrected chi connectivity index (χ3v) is 2.41. The Morgan fingerprint density at radius 2 is 2.41 bits per heavy atom. The number of rotatable bonds is 4. The maximum absolute atomic E-state index is 11.4. The lowest BCUT2D eigenvalue weighted by atomic mass is 10.1. The van der Waals surface area contributed by atoms with Gasteiger partial charge in [-0.1, -0.05) is 6.92 Å². The molecule has 1 amide bonds. The molecule has 0 fully saturated rings. The average Bonchev–Trinajstić information content (AvgIpc) is 2.37.